The van der Waals surface area contributed by atoms with Crippen molar-refractivity contribution in [1.29, 1.82) is 0 Å². The van der Waals surface area contributed by atoms with Crippen molar-refractivity contribution in [3.8, 4) is 0 Å². The zero-order valence-electron chi connectivity index (χ0n) is 8.66. The van der Waals surface area contributed by atoms with E-state index in [-0.39, 0.29) is 6.10 Å². The summed E-state index contributed by atoms with van der Waals surface area (Å²) in [5.74, 6) is 0.705. The molecule has 0 amide bonds. The maximum Gasteiger partial charge on any atom is 0.123 e. The maximum absolute atomic E-state index is 10.0. The minimum absolute atomic E-state index is 0.357. The number of rotatable bonds is 3. The van der Waals surface area contributed by atoms with Gasteiger partial charge in [0.05, 0.1) is 0 Å². The molecule has 1 heterocycles. The predicted octanol–water partition coefficient (Wildman–Crippen LogP) is 3.91. The lowest BCUT2D eigenvalue weighted by molar-refractivity contribution is 0.131. The minimum Gasteiger partial charge on any atom is -0.386 e. The average Bonchev–Trinajstić information content (AvgIpc) is 2.66. The van der Waals surface area contributed by atoms with Crippen LogP contribution in [0, 0.1) is 5.92 Å². The summed E-state index contributed by atoms with van der Waals surface area (Å²) in [5.41, 5.74) is 0. The van der Waals surface area contributed by atoms with Crippen LogP contribution in [0.2, 0.25) is 0 Å². The quantitative estimate of drug-likeness (QED) is 0.915. The molecule has 1 fully saturated rings. The van der Waals surface area contributed by atoms with E-state index in [1.165, 1.54) is 43.4 Å². The number of hydrogen-bond acceptors (Lipinski definition) is 3. The first kappa shape index (κ1) is 11.6. The number of aromatic nitrogens is 1. The van der Waals surface area contributed by atoms with E-state index in [1.54, 1.807) is 0 Å². The fourth-order valence-electron chi connectivity index (χ4n) is 2.26. The molecule has 1 aliphatic carbocycles. The molecular formula is C11H16BrNOS. The van der Waals surface area contributed by atoms with Gasteiger partial charge in [0.1, 0.15) is 15.7 Å². The second-order valence-electron chi connectivity index (χ2n) is 4.26. The molecule has 1 aliphatic rings. The zero-order chi connectivity index (χ0) is 10.7. The fraction of sp³-hybridized carbons (Fsp3) is 0.727. The highest BCUT2D eigenvalue weighted by Gasteiger charge is 2.20. The summed E-state index contributed by atoms with van der Waals surface area (Å²) in [7, 11) is 0. The second-order valence-corrected chi connectivity index (χ2v) is 5.97. The molecule has 0 saturated heterocycles. The maximum atomic E-state index is 10.0. The van der Waals surface area contributed by atoms with Crippen LogP contribution in [0.5, 0.6) is 0 Å². The SMILES string of the molecule is OC(CC1CCCCC1)c1nc(Br)cs1. The first-order chi connectivity index (χ1) is 7.25. The Morgan fingerprint density at radius 1 is 1.47 bits per heavy atom. The predicted molar refractivity (Wildman–Crippen MR) is 66.0 cm³/mol. The van der Waals surface area contributed by atoms with E-state index < -0.39 is 0 Å². The third kappa shape index (κ3) is 3.26. The average molecular weight is 290 g/mol. The molecule has 1 saturated carbocycles. The normalized spacial score (nSPS) is 20.4. The lowest BCUT2D eigenvalue weighted by Crippen LogP contribution is -2.10. The lowest BCUT2D eigenvalue weighted by Gasteiger charge is -2.23. The molecule has 2 nitrogen and oxygen atoms in total. The van der Waals surface area contributed by atoms with Crippen LogP contribution in [0.15, 0.2) is 9.98 Å². The summed E-state index contributed by atoms with van der Waals surface area (Å²) in [4.78, 5) is 4.26. The van der Waals surface area contributed by atoms with Crippen LogP contribution in [-0.2, 0) is 0 Å². The van der Waals surface area contributed by atoms with Crippen molar-refractivity contribution in [1.82, 2.24) is 4.98 Å². The molecule has 0 radical (unpaired) electrons. The van der Waals surface area contributed by atoms with Crippen molar-refractivity contribution < 1.29 is 5.11 Å². The van der Waals surface area contributed by atoms with E-state index in [4.69, 9.17) is 0 Å². The summed E-state index contributed by atoms with van der Waals surface area (Å²) in [6, 6.07) is 0. The van der Waals surface area contributed by atoms with Crippen molar-refractivity contribution in [2.75, 3.05) is 0 Å². The van der Waals surface area contributed by atoms with Gasteiger partial charge in [-0.05, 0) is 28.3 Å². The number of thiazole rings is 1. The highest BCUT2D eigenvalue weighted by atomic mass is 79.9. The highest BCUT2D eigenvalue weighted by molar-refractivity contribution is 9.10. The molecule has 4 heteroatoms. The van der Waals surface area contributed by atoms with Crippen LogP contribution in [0.4, 0.5) is 0 Å². The van der Waals surface area contributed by atoms with E-state index in [9.17, 15) is 5.11 Å². The Bertz CT molecular complexity index is 309. The van der Waals surface area contributed by atoms with Gasteiger partial charge in [0, 0.05) is 5.38 Å². The molecule has 1 N–H and O–H groups in total. The first-order valence-electron chi connectivity index (χ1n) is 5.54. The van der Waals surface area contributed by atoms with Crippen molar-refractivity contribution in [3.05, 3.63) is 15.0 Å². The van der Waals surface area contributed by atoms with Gasteiger partial charge in [-0.25, -0.2) is 4.98 Å². The van der Waals surface area contributed by atoms with Gasteiger partial charge in [0.15, 0.2) is 0 Å². The van der Waals surface area contributed by atoms with E-state index >= 15 is 0 Å². The molecule has 0 aliphatic heterocycles. The molecule has 0 bridgehead atoms. The van der Waals surface area contributed by atoms with E-state index in [1.807, 2.05) is 5.38 Å². The third-order valence-electron chi connectivity index (χ3n) is 3.06. The lowest BCUT2D eigenvalue weighted by atomic mass is 9.85. The van der Waals surface area contributed by atoms with Crippen LogP contribution in [-0.4, -0.2) is 10.1 Å². The number of hydrogen-bond donors (Lipinski definition) is 1. The Kier molecular flexibility index (Phi) is 4.17. The molecule has 15 heavy (non-hydrogen) atoms. The van der Waals surface area contributed by atoms with Gasteiger partial charge in [0.2, 0.25) is 0 Å². The summed E-state index contributed by atoms with van der Waals surface area (Å²) in [5, 5.41) is 12.8. The molecular weight excluding hydrogens is 274 g/mol. The van der Waals surface area contributed by atoms with Crippen molar-refractivity contribution in [2.24, 2.45) is 5.92 Å². The van der Waals surface area contributed by atoms with Gasteiger partial charge >= 0.3 is 0 Å². The largest absolute Gasteiger partial charge is 0.386 e. The number of aliphatic hydroxyl groups excluding tert-OH is 1. The van der Waals surface area contributed by atoms with Gasteiger partial charge in [-0.15, -0.1) is 11.3 Å². The summed E-state index contributed by atoms with van der Waals surface area (Å²) in [6.07, 6.45) is 7.13. The number of nitrogens with zero attached hydrogens (tertiary/aromatic N) is 1. The smallest absolute Gasteiger partial charge is 0.123 e. The van der Waals surface area contributed by atoms with E-state index in [2.05, 4.69) is 20.9 Å². The van der Waals surface area contributed by atoms with Gasteiger partial charge in [-0.3, -0.25) is 0 Å². The topological polar surface area (TPSA) is 33.1 Å². The highest BCUT2D eigenvalue weighted by Crippen LogP contribution is 2.33. The molecule has 1 unspecified atom stereocenters. The molecule has 84 valence electrons. The van der Waals surface area contributed by atoms with Crippen LogP contribution in [0.1, 0.15) is 49.6 Å². The fourth-order valence-corrected chi connectivity index (χ4v) is 3.52. The first-order valence-corrected chi connectivity index (χ1v) is 7.22. The molecule has 1 atom stereocenters. The van der Waals surface area contributed by atoms with Crippen LogP contribution in [0.25, 0.3) is 0 Å². The summed E-state index contributed by atoms with van der Waals surface area (Å²) < 4.78 is 0.838. The monoisotopic (exact) mass is 289 g/mol. The Morgan fingerprint density at radius 2 is 2.20 bits per heavy atom. The third-order valence-corrected chi connectivity index (χ3v) is 4.72. The Hall–Kier alpha value is 0.0700. The van der Waals surface area contributed by atoms with Gasteiger partial charge < -0.3 is 5.11 Å². The van der Waals surface area contributed by atoms with E-state index in [0.29, 0.717) is 5.92 Å². The van der Waals surface area contributed by atoms with Gasteiger partial charge in [0.25, 0.3) is 0 Å². The number of halogens is 1. The van der Waals surface area contributed by atoms with Gasteiger partial charge in [-0.1, -0.05) is 32.1 Å². The zero-order valence-corrected chi connectivity index (χ0v) is 11.1. The van der Waals surface area contributed by atoms with Crippen LogP contribution in [0.3, 0.4) is 0 Å². The van der Waals surface area contributed by atoms with Crippen molar-refractivity contribution >= 4 is 27.3 Å². The summed E-state index contributed by atoms with van der Waals surface area (Å²) >= 11 is 4.85. The summed E-state index contributed by atoms with van der Waals surface area (Å²) in [6.45, 7) is 0. The molecule has 2 rings (SSSR count). The standard InChI is InChI=1S/C11H16BrNOS/c12-10-7-15-11(13-10)9(14)6-8-4-2-1-3-5-8/h7-9,14H,1-6H2. The van der Waals surface area contributed by atoms with E-state index in [0.717, 1.165) is 16.0 Å². The van der Waals surface area contributed by atoms with Crippen LogP contribution >= 0.6 is 27.3 Å². The number of aliphatic hydroxyl groups is 1. The molecule has 0 spiro atoms. The van der Waals surface area contributed by atoms with Crippen molar-refractivity contribution in [3.63, 3.8) is 0 Å². The minimum atomic E-state index is -0.357. The Balaban J connectivity index is 1.88. The second kappa shape index (κ2) is 5.41. The molecule has 1 aromatic heterocycles. The Labute approximate surface area is 103 Å². The van der Waals surface area contributed by atoms with Crippen LogP contribution < -0.4 is 0 Å². The van der Waals surface area contributed by atoms with Gasteiger partial charge in [-0.2, -0.15) is 0 Å². The Morgan fingerprint density at radius 3 is 2.80 bits per heavy atom. The van der Waals surface area contributed by atoms with Crippen molar-refractivity contribution in [2.45, 2.75) is 44.6 Å². The molecule has 0 aromatic carbocycles. The molecule has 1 aromatic rings.